The van der Waals surface area contributed by atoms with Crippen molar-refractivity contribution in [2.75, 3.05) is 6.61 Å². The molecule has 1 aromatic carbocycles. The first-order chi connectivity index (χ1) is 12.4. The summed E-state index contributed by atoms with van der Waals surface area (Å²) in [6.45, 7) is 1.97. The second kappa shape index (κ2) is 6.15. The second-order valence-electron chi connectivity index (χ2n) is 6.24. The number of fused-ring (bicyclic) bond motifs is 2. The van der Waals surface area contributed by atoms with Gasteiger partial charge in [0.2, 0.25) is 5.91 Å². The van der Waals surface area contributed by atoms with Gasteiger partial charge in [-0.05, 0) is 18.2 Å². The van der Waals surface area contributed by atoms with Gasteiger partial charge in [-0.15, -0.1) is 11.3 Å². The van der Waals surface area contributed by atoms with Gasteiger partial charge in [-0.1, -0.05) is 6.92 Å². The average Bonchev–Trinajstić information content (AvgIpc) is 3.33. The van der Waals surface area contributed by atoms with Crippen LogP contribution in [0.4, 0.5) is 0 Å². The highest BCUT2D eigenvalue weighted by Crippen LogP contribution is 2.27. The second-order valence-corrected chi connectivity index (χ2v) is 8.92. The van der Waals surface area contributed by atoms with Gasteiger partial charge in [-0.2, -0.15) is 17.6 Å². The molecule has 0 saturated carbocycles. The molecule has 1 aliphatic rings. The molecule has 0 radical (unpaired) electrons. The summed E-state index contributed by atoms with van der Waals surface area (Å²) in [5.74, 6) is -0.656. The van der Waals surface area contributed by atoms with Crippen LogP contribution in [0.2, 0.25) is 0 Å². The molecule has 0 spiro atoms. The van der Waals surface area contributed by atoms with Crippen LogP contribution in [-0.2, 0) is 27.9 Å². The largest absolute Gasteiger partial charge is 0.396 e. The minimum Gasteiger partial charge on any atom is -0.396 e. The van der Waals surface area contributed by atoms with Crippen molar-refractivity contribution in [3.63, 3.8) is 0 Å². The van der Waals surface area contributed by atoms with E-state index in [0.717, 1.165) is 14.3 Å². The Labute approximate surface area is 153 Å². The van der Waals surface area contributed by atoms with Crippen molar-refractivity contribution in [2.45, 2.75) is 24.9 Å². The molecule has 3 aromatic rings. The molecule has 0 fully saturated rings. The SMILES string of the molecule is C[C@H](CO)C(=O)N1Cc2cn(S(=O)(=O)c3ccc4ncsc4c3)nc2C1. The van der Waals surface area contributed by atoms with Crippen molar-refractivity contribution in [3.05, 3.63) is 41.2 Å². The molecule has 1 N–H and O–H groups in total. The highest BCUT2D eigenvalue weighted by Gasteiger charge is 2.31. The quantitative estimate of drug-likeness (QED) is 0.715. The fourth-order valence-corrected chi connectivity index (χ4v) is 4.89. The maximum Gasteiger partial charge on any atom is 0.283 e. The van der Waals surface area contributed by atoms with Crippen molar-refractivity contribution in [1.82, 2.24) is 19.1 Å². The van der Waals surface area contributed by atoms with Crippen LogP contribution in [0.5, 0.6) is 0 Å². The maximum atomic E-state index is 12.8. The van der Waals surface area contributed by atoms with Crippen LogP contribution in [-0.4, -0.2) is 45.1 Å². The Morgan fingerprint density at radius 3 is 2.92 bits per heavy atom. The molecule has 10 heteroatoms. The van der Waals surface area contributed by atoms with Gasteiger partial charge in [0.1, 0.15) is 0 Å². The zero-order valence-corrected chi connectivity index (χ0v) is 15.5. The van der Waals surface area contributed by atoms with Crippen molar-refractivity contribution in [2.24, 2.45) is 5.92 Å². The first-order valence-corrected chi connectivity index (χ1v) is 10.3. The molecule has 26 heavy (non-hydrogen) atoms. The van der Waals surface area contributed by atoms with Crippen LogP contribution in [0.1, 0.15) is 18.2 Å². The summed E-state index contributed by atoms with van der Waals surface area (Å²) in [5, 5.41) is 13.3. The topological polar surface area (TPSA) is 105 Å². The van der Waals surface area contributed by atoms with Crippen LogP contribution in [0.15, 0.2) is 34.8 Å². The minimum atomic E-state index is -3.80. The molecule has 1 aliphatic heterocycles. The van der Waals surface area contributed by atoms with E-state index in [1.807, 2.05) is 0 Å². The lowest BCUT2D eigenvalue weighted by Gasteiger charge is -2.19. The zero-order chi connectivity index (χ0) is 18.5. The highest BCUT2D eigenvalue weighted by molar-refractivity contribution is 7.89. The molecule has 8 nitrogen and oxygen atoms in total. The van der Waals surface area contributed by atoms with E-state index in [4.69, 9.17) is 5.11 Å². The van der Waals surface area contributed by atoms with Crippen molar-refractivity contribution in [3.8, 4) is 0 Å². The summed E-state index contributed by atoms with van der Waals surface area (Å²) >= 11 is 1.38. The smallest absolute Gasteiger partial charge is 0.283 e. The number of carbonyl (C=O) groups is 1. The van der Waals surface area contributed by atoms with Gasteiger partial charge in [0.15, 0.2) is 0 Å². The van der Waals surface area contributed by atoms with E-state index in [1.165, 1.54) is 23.6 Å². The third kappa shape index (κ3) is 2.70. The number of rotatable bonds is 4. The molecule has 3 heterocycles. The van der Waals surface area contributed by atoms with E-state index in [0.29, 0.717) is 17.8 Å². The van der Waals surface area contributed by atoms with Gasteiger partial charge >= 0.3 is 0 Å². The predicted molar refractivity (Wildman–Crippen MR) is 94.9 cm³/mol. The molecule has 0 aliphatic carbocycles. The Morgan fingerprint density at radius 2 is 2.19 bits per heavy atom. The van der Waals surface area contributed by atoms with Crippen LogP contribution >= 0.6 is 11.3 Å². The number of thiazole rings is 1. The summed E-state index contributed by atoms with van der Waals surface area (Å²) in [5.41, 5.74) is 3.68. The lowest BCUT2D eigenvalue weighted by Crippen LogP contribution is -2.32. The van der Waals surface area contributed by atoms with Gasteiger partial charge in [0.25, 0.3) is 10.0 Å². The number of carbonyl (C=O) groups excluding carboxylic acids is 1. The minimum absolute atomic E-state index is 0.150. The van der Waals surface area contributed by atoms with Gasteiger partial charge < -0.3 is 10.0 Å². The molecular formula is C16H16N4O4S2. The third-order valence-corrected chi connectivity index (χ3v) is 6.73. The first kappa shape index (κ1) is 17.1. The molecule has 136 valence electrons. The maximum absolute atomic E-state index is 12.8. The molecule has 1 amide bonds. The van der Waals surface area contributed by atoms with E-state index in [2.05, 4.69) is 10.1 Å². The molecule has 2 aromatic heterocycles. The average molecular weight is 392 g/mol. The fraction of sp³-hybridized carbons (Fsp3) is 0.312. The van der Waals surface area contributed by atoms with Crippen LogP contribution in [0, 0.1) is 5.92 Å². The lowest BCUT2D eigenvalue weighted by atomic mass is 10.2. The summed E-state index contributed by atoms with van der Waals surface area (Å²) in [7, 11) is -3.80. The van der Waals surface area contributed by atoms with E-state index >= 15 is 0 Å². The highest BCUT2D eigenvalue weighted by atomic mass is 32.2. The molecule has 0 unspecified atom stereocenters. The number of aromatic nitrogens is 3. The van der Waals surface area contributed by atoms with E-state index in [-0.39, 0.29) is 24.0 Å². The van der Waals surface area contributed by atoms with Crippen molar-refractivity contribution in [1.29, 1.82) is 0 Å². The van der Waals surface area contributed by atoms with Crippen molar-refractivity contribution >= 4 is 37.5 Å². The number of nitrogens with zero attached hydrogens (tertiary/aromatic N) is 4. The number of aliphatic hydroxyl groups excluding tert-OH is 1. The Balaban J connectivity index is 1.62. The fourth-order valence-electron chi connectivity index (χ4n) is 2.90. The Kier molecular flexibility index (Phi) is 4.05. The molecular weight excluding hydrogens is 376 g/mol. The van der Waals surface area contributed by atoms with Gasteiger partial charge in [0, 0.05) is 18.3 Å². The summed E-state index contributed by atoms with van der Waals surface area (Å²) < 4.78 is 27.5. The van der Waals surface area contributed by atoms with Gasteiger partial charge in [-0.25, -0.2) is 4.98 Å². The lowest BCUT2D eigenvalue weighted by molar-refractivity contribution is -0.136. The summed E-state index contributed by atoms with van der Waals surface area (Å²) in [4.78, 5) is 18.0. The number of amides is 1. The number of hydrogen-bond donors (Lipinski definition) is 1. The Morgan fingerprint density at radius 1 is 1.38 bits per heavy atom. The molecule has 4 rings (SSSR count). The summed E-state index contributed by atoms with van der Waals surface area (Å²) in [6.07, 6.45) is 1.46. The third-order valence-electron chi connectivity index (χ3n) is 4.41. The Hall–Kier alpha value is -2.30. The van der Waals surface area contributed by atoms with Crippen LogP contribution in [0.25, 0.3) is 10.2 Å². The van der Waals surface area contributed by atoms with Crippen LogP contribution < -0.4 is 0 Å². The molecule has 1 atom stereocenters. The standard InChI is InChI=1S/C16H16N4O4S2/c1-10(8-21)16(22)19-5-11-6-20(18-14(11)7-19)26(23,24)12-2-3-13-15(4-12)25-9-17-13/h2-4,6,9-10,21H,5,7-8H2,1H3/t10-/m1/s1. The monoisotopic (exact) mass is 392 g/mol. The zero-order valence-electron chi connectivity index (χ0n) is 13.9. The number of benzene rings is 1. The van der Waals surface area contributed by atoms with Gasteiger partial charge in [-0.3, -0.25) is 4.79 Å². The number of aliphatic hydroxyl groups is 1. The van der Waals surface area contributed by atoms with E-state index in [1.54, 1.807) is 29.5 Å². The van der Waals surface area contributed by atoms with E-state index in [9.17, 15) is 13.2 Å². The first-order valence-electron chi connectivity index (χ1n) is 7.96. The van der Waals surface area contributed by atoms with Crippen LogP contribution in [0.3, 0.4) is 0 Å². The summed E-state index contributed by atoms with van der Waals surface area (Å²) in [6, 6.07) is 4.78. The number of hydrogen-bond acceptors (Lipinski definition) is 7. The van der Waals surface area contributed by atoms with Crippen molar-refractivity contribution < 1.29 is 18.3 Å². The van der Waals surface area contributed by atoms with E-state index < -0.39 is 15.9 Å². The Bertz CT molecular complexity index is 1080. The predicted octanol–water partition coefficient (Wildman–Crippen LogP) is 1.20. The molecule has 0 saturated heterocycles. The van der Waals surface area contributed by atoms with Gasteiger partial charge in [0.05, 0.1) is 45.4 Å². The molecule has 0 bridgehead atoms. The normalized spacial score (nSPS) is 15.4.